The van der Waals surface area contributed by atoms with Gasteiger partial charge in [0.05, 0.1) is 12.9 Å². The summed E-state index contributed by atoms with van der Waals surface area (Å²) in [6.45, 7) is 4.38. The zero-order valence-corrected chi connectivity index (χ0v) is 18.0. The molecule has 1 aliphatic carbocycles. The molecule has 0 radical (unpaired) electrons. The molecule has 0 saturated heterocycles. The number of carbonyl (C=O) groups is 1. The number of esters is 1. The van der Waals surface area contributed by atoms with Gasteiger partial charge in [-0.05, 0) is 36.5 Å². The lowest BCUT2D eigenvalue weighted by Gasteiger charge is -2.30. The standard InChI is InChI=1S/C25H32N2O3/c1-4-8-24(28)29-18-25(2,3)17-23(27-16-15-26-19-27)30-22-13-11-21(12-14-22)20-9-6-5-7-10-20/h1,11-16,19-20,23H,5-10,17-18H2,2-3H3. The number of hydrogen-bond donors (Lipinski definition) is 0. The van der Waals surface area contributed by atoms with Gasteiger partial charge in [-0.2, -0.15) is 0 Å². The number of rotatable bonds is 9. The Hall–Kier alpha value is -2.74. The Bertz CT molecular complexity index is 828. The molecule has 5 heteroatoms. The number of benzene rings is 1. The Labute approximate surface area is 179 Å². The van der Waals surface area contributed by atoms with Gasteiger partial charge in [0.2, 0.25) is 0 Å². The van der Waals surface area contributed by atoms with Crippen LogP contribution in [0.2, 0.25) is 0 Å². The van der Waals surface area contributed by atoms with E-state index in [0.29, 0.717) is 12.3 Å². The van der Waals surface area contributed by atoms with E-state index in [4.69, 9.17) is 15.9 Å². The third kappa shape index (κ3) is 6.38. The second kappa shape index (κ2) is 10.3. The van der Waals surface area contributed by atoms with Gasteiger partial charge in [0, 0.05) is 24.2 Å². The number of terminal acetylenes is 1. The fraction of sp³-hybridized carbons (Fsp3) is 0.520. The molecular formula is C25H32N2O3. The predicted molar refractivity (Wildman–Crippen MR) is 117 cm³/mol. The molecule has 3 rings (SSSR count). The van der Waals surface area contributed by atoms with E-state index in [2.05, 4.69) is 49.0 Å². The van der Waals surface area contributed by atoms with Crippen LogP contribution in [0.4, 0.5) is 0 Å². The smallest absolute Gasteiger partial charge is 0.317 e. The lowest BCUT2D eigenvalue weighted by molar-refractivity contribution is -0.146. The van der Waals surface area contributed by atoms with Gasteiger partial charge in [-0.15, -0.1) is 6.42 Å². The van der Waals surface area contributed by atoms with E-state index in [1.54, 1.807) is 12.5 Å². The molecule has 1 unspecified atom stereocenters. The Morgan fingerprint density at radius 3 is 2.63 bits per heavy atom. The maximum Gasteiger partial charge on any atom is 0.317 e. The third-order valence-corrected chi connectivity index (χ3v) is 5.68. The van der Waals surface area contributed by atoms with Crippen molar-refractivity contribution in [1.82, 2.24) is 9.55 Å². The average Bonchev–Trinajstić information content (AvgIpc) is 3.28. The number of nitrogens with zero attached hydrogens (tertiary/aromatic N) is 2. The normalized spacial score (nSPS) is 15.9. The molecule has 0 N–H and O–H groups in total. The van der Waals surface area contributed by atoms with Crippen molar-refractivity contribution in [3.8, 4) is 18.1 Å². The Balaban J connectivity index is 1.65. The molecule has 0 spiro atoms. The van der Waals surface area contributed by atoms with E-state index >= 15 is 0 Å². The highest BCUT2D eigenvalue weighted by Gasteiger charge is 2.27. The van der Waals surface area contributed by atoms with Crippen LogP contribution in [-0.4, -0.2) is 22.1 Å². The van der Waals surface area contributed by atoms with E-state index in [9.17, 15) is 4.79 Å². The first kappa shape index (κ1) is 22.0. The number of imidazole rings is 1. The second-order valence-electron chi connectivity index (χ2n) is 8.90. The predicted octanol–water partition coefficient (Wildman–Crippen LogP) is 5.49. The zero-order valence-electron chi connectivity index (χ0n) is 18.0. The van der Waals surface area contributed by atoms with Gasteiger partial charge in [0.15, 0.2) is 6.23 Å². The third-order valence-electron chi connectivity index (χ3n) is 5.68. The van der Waals surface area contributed by atoms with Gasteiger partial charge in [0.25, 0.3) is 0 Å². The fourth-order valence-electron chi connectivity index (χ4n) is 4.00. The molecule has 30 heavy (non-hydrogen) atoms. The molecule has 1 fully saturated rings. The molecule has 160 valence electrons. The molecule has 5 nitrogen and oxygen atoms in total. The van der Waals surface area contributed by atoms with Crippen LogP contribution in [0.15, 0.2) is 43.0 Å². The monoisotopic (exact) mass is 408 g/mol. The van der Waals surface area contributed by atoms with Crippen molar-refractivity contribution in [3.05, 3.63) is 48.5 Å². The lowest BCUT2D eigenvalue weighted by Crippen LogP contribution is -2.28. The van der Waals surface area contributed by atoms with Crippen LogP contribution in [-0.2, 0) is 9.53 Å². The maximum atomic E-state index is 11.6. The minimum absolute atomic E-state index is 0.00906. The van der Waals surface area contributed by atoms with Crippen molar-refractivity contribution < 1.29 is 14.3 Å². The van der Waals surface area contributed by atoms with Crippen LogP contribution in [0.25, 0.3) is 0 Å². The highest BCUT2D eigenvalue weighted by atomic mass is 16.5. The summed E-state index contributed by atoms with van der Waals surface area (Å²) in [6, 6.07) is 8.52. The molecule has 1 atom stereocenters. The van der Waals surface area contributed by atoms with Gasteiger partial charge in [0.1, 0.15) is 12.2 Å². The number of carbonyl (C=O) groups excluding carboxylic acids is 1. The summed E-state index contributed by atoms with van der Waals surface area (Å²) in [5.74, 6) is 3.45. The first-order valence-corrected chi connectivity index (χ1v) is 10.8. The zero-order chi connectivity index (χ0) is 21.4. The second-order valence-corrected chi connectivity index (χ2v) is 8.90. The largest absolute Gasteiger partial charge is 0.470 e. The summed E-state index contributed by atoms with van der Waals surface area (Å²) in [5, 5.41) is 0. The quantitative estimate of drug-likeness (QED) is 0.407. The maximum absolute atomic E-state index is 11.6. The van der Waals surface area contributed by atoms with Gasteiger partial charge < -0.3 is 14.0 Å². The van der Waals surface area contributed by atoms with Crippen molar-refractivity contribution in [2.45, 2.75) is 70.9 Å². The molecule has 1 aromatic heterocycles. The summed E-state index contributed by atoms with van der Waals surface area (Å²) in [5.41, 5.74) is 1.11. The van der Waals surface area contributed by atoms with Crippen LogP contribution in [0, 0.1) is 17.8 Å². The molecule has 2 aromatic rings. The molecule has 0 amide bonds. The molecule has 0 bridgehead atoms. The van der Waals surface area contributed by atoms with Crippen molar-refractivity contribution >= 4 is 5.97 Å². The summed E-state index contributed by atoms with van der Waals surface area (Å²) >= 11 is 0. The molecule has 0 aliphatic heterocycles. The van der Waals surface area contributed by atoms with Crippen molar-refractivity contribution in [2.75, 3.05) is 6.61 Å². The first-order valence-electron chi connectivity index (χ1n) is 10.8. The average molecular weight is 409 g/mol. The topological polar surface area (TPSA) is 53.4 Å². The summed E-state index contributed by atoms with van der Waals surface area (Å²) in [6.07, 6.45) is 17.5. The number of aromatic nitrogens is 2. The van der Waals surface area contributed by atoms with E-state index in [-0.39, 0.29) is 30.6 Å². The van der Waals surface area contributed by atoms with E-state index < -0.39 is 0 Å². The lowest BCUT2D eigenvalue weighted by atomic mass is 9.84. The molecular weight excluding hydrogens is 376 g/mol. The van der Waals surface area contributed by atoms with Crippen molar-refractivity contribution in [3.63, 3.8) is 0 Å². The van der Waals surface area contributed by atoms with Crippen LogP contribution in [0.5, 0.6) is 5.75 Å². The Morgan fingerprint density at radius 1 is 1.27 bits per heavy atom. The van der Waals surface area contributed by atoms with Gasteiger partial charge in [-0.25, -0.2) is 4.98 Å². The van der Waals surface area contributed by atoms with E-state index in [0.717, 1.165) is 5.75 Å². The number of ether oxygens (including phenoxy) is 2. The highest BCUT2D eigenvalue weighted by molar-refractivity contribution is 5.72. The molecule has 1 aliphatic rings. The van der Waals surface area contributed by atoms with Crippen LogP contribution in [0.1, 0.15) is 76.5 Å². The van der Waals surface area contributed by atoms with Crippen molar-refractivity contribution in [2.24, 2.45) is 5.41 Å². The fourth-order valence-corrected chi connectivity index (χ4v) is 4.00. The molecule has 1 aromatic carbocycles. The summed E-state index contributed by atoms with van der Waals surface area (Å²) < 4.78 is 13.6. The highest BCUT2D eigenvalue weighted by Crippen LogP contribution is 2.35. The number of hydrogen-bond acceptors (Lipinski definition) is 4. The van der Waals surface area contributed by atoms with E-state index in [1.165, 1.54) is 37.7 Å². The first-order chi connectivity index (χ1) is 14.5. The minimum atomic E-state index is -0.371. The van der Waals surface area contributed by atoms with Gasteiger partial charge in [-0.3, -0.25) is 4.79 Å². The Morgan fingerprint density at radius 2 is 2.00 bits per heavy atom. The van der Waals surface area contributed by atoms with Crippen LogP contribution >= 0.6 is 0 Å². The molecule has 1 saturated carbocycles. The van der Waals surface area contributed by atoms with Crippen LogP contribution < -0.4 is 4.74 Å². The molecule has 1 heterocycles. The summed E-state index contributed by atoms with van der Waals surface area (Å²) in [7, 11) is 0. The van der Waals surface area contributed by atoms with Crippen molar-refractivity contribution in [1.29, 1.82) is 0 Å². The van der Waals surface area contributed by atoms with Crippen LogP contribution in [0.3, 0.4) is 0 Å². The summed E-state index contributed by atoms with van der Waals surface area (Å²) in [4.78, 5) is 15.8. The minimum Gasteiger partial charge on any atom is -0.470 e. The Kier molecular flexibility index (Phi) is 7.57. The van der Waals surface area contributed by atoms with Gasteiger partial charge in [-0.1, -0.05) is 51.2 Å². The van der Waals surface area contributed by atoms with Gasteiger partial charge >= 0.3 is 5.97 Å². The van der Waals surface area contributed by atoms with E-state index in [1.807, 2.05) is 10.8 Å². The SMILES string of the molecule is C#CCC(=O)OCC(C)(C)CC(Oc1ccc(C2CCCCC2)cc1)n1ccnc1.